The van der Waals surface area contributed by atoms with Crippen LogP contribution in [0.25, 0.3) is 5.69 Å². The van der Waals surface area contributed by atoms with Crippen LogP contribution >= 0.6 is 12.4 Å². The molecule has 1 fully saturated rings. The molecule has 1 amide bonds. The molecular weight excluding hydrogens is 360 g/mol. The number of hydrogen-bond acceptors (Lipinski definition) is 6. The highest BCUT2D eigenvalue weighted by atomic mass is 35.5. The van der Waals surface area contributed by atoms with E-state index in [-0.39, 0.29) is 35.7 Å². The average Bonchev–Trinajstić information content (AvgIpc) is 3.02. The first kappa shape index (κ1) is 19.8. The zero-order valence-electron chi connectivity index (χ0n) is 14.6. The molecule has 0 radical (unpaired) electrons. The van der Waals surface area contributed by atoms with Crippen molar-refractivity contribution in [1.29, 1.82) is 0 Å². The molecule has 1 atom stereocenters. The third-order valence-corrected chi connectivity index (χ3v) is 4.50. The minimum Gasteiger partial charge on any atom is -0.336 e. The molecule has 1 aliphatic heterocycles. The third kappa shape index (κ3) is 3.83. The van der Waals surface area contributed by atoms with Gasteiger partial charge in [0.25, 0.3) is 11.6 Å². The summed E-state index contributed by atoms with van der Waals surface area (Å²) < 4.78 is 1.46. The van der Waals surface area contributed by atoms with Gasteiger partial charge in [-0.25, -0.2) is 4.68 Å². The van der Waals surface area contributed by atoms with Gasteiger partial charge >= 0.3 is 0 Å². The van der Waals surface area contributed by atoms with E-state index >= 15 is 0 Å². The van der Waals surface area contributed by atoms with Crippen molar-refractivity contribution in [2.24, 2.45) is 0 Å². The Hall–Kier alpha value is -2.52. The van der Waals surface area contributed by atoms with Crippen LogP contribution in [-0.2, 0) is 0 Å². The van der Waals surface area contributed by atoms with Crippen LogP contribution in [0.15, 0.2) is 24.3 Å². The molecule has 0 bridgehead atoms. The Morgan fingerprint density at radius 2 is 2.19 bits per heavy atom. The molecule has 0 spiro atoms. The lowest BCUT2D eigenvalue weighted by Crippen LogP contribution is -2.47. The zero-order valence-corrected chi connectivity index (χ0v) is 15.4. The van der Waals surface area contributed by atoms with Gasteiger partial charge < -0.3 is 10.2 Å². The number of likely N-dealkylation sites (N-methyl/N-ethyl adjacent to an activating group) is 1. The predicted octanol–water partition coefficient (Wildman–Crippen LogP) is 1.73. The summed E-state index contributed by atoms with van der Waals surface area (Å²) in [5.41, 5.74) is 1.32. The van der Waals surface area contributed by atoms with Gasteiger partial charge in [-0.1, -0.05) is 11.3 Å². The fraction of sp³-hybridized carbons (Fsp3) is 0.438. The molecule has 140 valence electrons. The van der Waals surface area contributed by atoms with Crippen molar-refractivity contribution < 1.29 is 9.72 Å². The number of nitrogens with zero attached hydrogens (tertiary/aromatic N) is 5. The van der Waals surface area contributed by atoms with E-state index in [1.165, 1.54) is 16.8 Å². The van der Waals surface area contributed by atoms with Crippen molar-refractivity contribution >= 4 is 24.0 Å². The molecule has 0 saturated carbocycles. The molecule has 3 rings (SSSR count). The highest BCUT2D eigenvalue weighted by molar-refractivity contribution is 5.93. The molecule has 2 aromatic rings. The number of rotatable bonds is 4. The van der Waals surface area contributed by atoms with Gasteiger partial charge in [0.15, 0.2) is 5.69 Å². The minimum atomic E-state index is -0.465. The number of likely N-dealkylation sites (tertiary alicyclic amines) is 1. The predicted molar refractivity (Wildman–Crippen MR) is 98.0 cm³/mol. The summed E-state index contributed by atoms with van der Waals surface area (Å²) in [5, 5.41) is 22.2. The maximum atomic E-state index is 12.8. The molecule has 1 aliphatic rings. The first-order valence-electron chi connectivity index (χ1n) is 8.15. The topological polar surface area (TPSA) is 106 Å². The summed E-state index contributed by atoms with van der Waals surface area (Å²) >= 11 is 0. The summed E-state index contributed by atoms with van der Waals surface area (Å²) in [5.74, 6) is -0.158. The summed E-state index contributed by atoms with van der Waals surface area (Å²) in [6.45, 7) is 3.07. The van der Waals surface area contributed by atoms with Crippen molar-refractivity contribution in [1.82, 2.24) is 25.2 Å². The lowest BCUT2D eigenvalue weighted by Gasteiger charge is -2.32. The van der Waals surface area contributed by atoms with Crippen LogP contribution in [0.4, 0.5) is 5.69 Å². The van der Waals surface area contributed by atoms with Crippen LogP contribution in [0, 0.1) is 17.0 Å². The standard InChI is InChI=1S/C16H20N6O3.ClH/c1-11-15(16(23)20-8-4-5-12(10-20)17-2)18-19-21(11)13-6-3-7-14(9-13)22(24)25;/h3,6-7,9,12,17H,4-5,8,10H2,1-2H3;1H. The quantitative estimate of drug-likeness (QED) is 0.639. The average molecular weight is 381 g/mol. The molecule has 10 heteroatoms. The number of aromatic nitrogens is 3. The lowest BCUT2D eigenvalue weighted by atomic mass is 10.1. The number of nitro benzene ring substituents is 1. The van der Waals surface area contributed by atoms with E-state index in [4.69, 9.17) is 0 Å². The van der Waals surface area contributed by atoms with Gasteiger partial charge in [-0.15, -0.1) is 17.5 Å². The van der Waals surface area contributed by atoms with E-state index in [1.807, 2.05) is 7.05 Å². The maximum absolute atomic E-state index is 12.8. The summed E-state index contributed by atoms with van der Waals surface area (Å²) in [6.07, 6.45) is 1.98. The Bertz CT molecular complexity index is 809. The largest absolute Gasteiger partial charge is 0.336 e. The summed E-state index contributed by atoms with van der Waals surface area (Å²) in [6, 6.07) is 6.38. The Morgan fingerprint density at radius 1 is 1.42 bits per heavy atom. The zero-order chi connectivity index (χ0) is 18.0. The van der Waals surface area contributed by atoms with E-state index in [9.17, 15) is 14.9 Å². The van der Waals surface area contributed by atoms with E-state index in [0.29, 0.717) is 24.5 Å². The second-order valence-electron chi connectivity index (χ2n) is 6.09. The van der Waals surface area contributed by atoms with Crippen molar-refractivity contribution in [3.63, 3.8) is 0 Å². The van der Waals surface area contributed by atoms with Gasteiger partial charge in [0, 0.05) is 31.3 Å². The lowest BCUT2D eigenvalue weighted by molar-refractivity contribution is -0.384. The van der Waals surface area contributed by atoms with Gasteiger partial charge in [0.2, 0.25) is 0 Å². The Kier molecular flexibility index (Phi) is 6.27. The number of hydrogen-bond donors (Lipinski definition) is 1. The number of amides is 1. The van der Waals surface area contributed by atoms with Gasteiger partial charge in [0.1, 0.15) is 0 Å². The molecule has 9 nitrogen and oxygen atoms in total. The Morgan fingerprint density at radius 3 is 2.88 bits per heavy atom. The number of piperidine rings is 1. The van der Waals surface area contributed by atoms with Crippen molar-refractivity contribution in [3.05, 3.63) is 45.8 Å². The number of carbonyl (C=O) groups excluding carboxylic acids is 1. The van der Waals surface area contributed by atoms with E-state index in [0.717, 1.165) is 12.8 Å². The highest BCUT2D eigenvalue weighted by Crippen LogP contribution is 2.20. The molecule has 1 saturated heterocycles. The number of halogens is 1. The fourth-order valence-corrected chi connectivity index (χ4v) is 3.06. The van der Waals surface area contributed by atoms with E-state index in [2.05, 4.69) is 15.6 Å². The number of non-ortho nitro benzene ring substituents is 1. The molecule has 2 heterocycles. The smallest absolute Gasteiger partial charge is 0.276 e. The van der Waals surface area contributed by atoms with Crippen LogP contribution < -0.4 is 5.32 Å². The molecule has 1 unspecified atom stereocenters. The van der Waals surface area contributed by atoms with Crippen LogP contribution in [0.1, 0.15) is 29.0 Å². The normalized spacial score (nSPS) is 16.8. The molecule has 1 N–H and O–H groups in total. The highest BCUT2D eigenvalue weighted by Gasteiger charge is 2.27. The molecule has 1 aromatic carbocycles. The first-order chi connectivity index (χ1) is 12.0. The summed E-state index contributed by atoms with van der Waals surface area (Å²) in [7, 11) is 1.89. The van der Waals surface area contributed by atoms with Crippen molar-refractivity contribution in [2.75, 3.05) is 20.1 Å². The number of carbonyl (C=O) groups is 1. The van der Waals surface area contributed by atoms with E-state index in [1.54, 1.807) is 24.0 Å². The SMILES string of the molecule is CNC1CCCN(C(=O)c2nnn(-c3cccc([N+](=O)[O-])c3)c2C)C1.Cl. The second kappa shape index (κ2) is 8.24. The maximum Gasteiger partial charge on any atom is 0.276 e. The van der Waals surface area contributed by atoms with Crippen LogP contribution in [-0.4, -0.2) is 56.9 Å². The van der Waals surface area contributed by atoms with Gasteiger partial charge in [-0.05, 0) is 32.9 Å². The minimum absolute atomic E-state index is 0. The molecular formula is C16H21ClN6O3. The Balaban J connectivity index is 0.00000243. The van der Waals surface area contributed by atoms with E-state index < -0.39 is 4.92 Å². The number of benzene rings is 1. The second-order valence-corrected chi connectivity index (χ2v) is 6.09. The monoisotopic (exact) mass is 380 g/mol. The number of nitrogens with one attached hydrogen (secondary N) is 1. The van der Waals surface area contributed by atoms with Gasteiger partial charge in [-0.2, -0.15) is 0 Å². The van der Waals surface area contributed by atoms with Gasteiger partial charge in [0.05, 0.1) is 16.3 Å². The molecule has 1 aromatic heterocycles. The molecule has 26 heavy (non-hydrogen) atoms. The van der Waals surface area contributed by atoms with Crippen molar-refractivity contribution in [2.45, 2.75) is 25.8 Å². The van der Waals surface area contributed by atoms with Gasteiger partial charge in [-0.3, -0.25) is 14.9 Å². The van der Waals surface area contributed by atoms with Crippen LogP contribution in [0.2, 0.25) is 0 Å². The number of nitro groups is 1. The molecule has 0 aliphatic carbocycles. The summed E-state index contributed by atoms with van der Waals surface area (Å²) in [4.78, 5) is 25.0. The van der Waals surface area contributed by atoms with Crippen LogP contribution in [0.3, 0.4) is 0 Å². The van der Waals surface area contributed by atoms with Crippen molar-refractivity contribution in [3.8, 4) is 5.69 Å². The Labute approximate surface area is 156 Å². The first-order valence-corrected chi connectivity index (χ1v) is 8.15. The van der Waals surface area contributed by atoms with Crippen LogP contribution in [0.5, 0.6) is 0 Å². The third-order valence-electron chi connectivity index (χ3n) is 4.50. The fourth-order valence-electron chi connectivity index (χ4n) is 3.06.